The standard InChI is InChI=1S/C24H31FN8O6/c25-33-18-11-19(38-9-7-37-8-10-39-22(35)15-29-21(34)13-27)24(30-17-3-5-36-6-4-17)32-23(18)31-20-2-1-16(12-26)14-28-20/h1-2,11,14,17,33H,3-10,13,15,27H2,(H,29,34)(H2,28,30,31,32). The van der Waals surface area contributed by atoms with E-state index < -0.39 is 11.9 Å². The number of amides is 1. The van der Waals surface area contributed by atoms with Crippen molar-refractivity contribution in [2.24, 2.45) is 5.73 Å². The molecule has 3 heterocycles. The molecule has 0 bridgehead atoms. The minimum atomic E-state index is -0.609. The van der Waals surface area contributed by atoms with Gasteiger partial charge in [0.05, 0.1) is 25.3 Å². The summed E-state index contributed by atoms with van der Waals surface area (Å²) in [4.78, 5) is 31.2. The van der Waals surface area contributed by atoms with E-state index in [1.807, 2.05) is 6.07 Å². The quantitative estimate of drug-likeness (QED) is 0.121. The Morgan fingerprint density at radius 2 is 1.97 bits per heavy atom. The fraction of sp³-hybridized carbons (Fsp3) is 0.458. The second-order valence-corrected chi connectivity index (χ2v) is 8.19. The highest BCUT2D eigenvalue weighted by atomic mass is 19.2. The highest BCUT2D eigenvalue weighted by Gasteiger charge is 2.19. The summed E-state index contributed by atoms with van der Waals surface area (Å²) < 4.78 is 35.3. The Bertz CT molecular complexity index is 1120. The molecule has 0 radical (unpaired) electrons. The van der Waals surface area contributed by atoms with Crippen molar-refractivity contribution in [1.82, 2.24) is 15.3 Å². The van der Waals surface area contributed by atoms with Gasteiger partial charge in [0.2, 0.25) is 5.91 Å². The maximum atomic E-state index is 13.7. The number of carbonyl (C=O) groups is 2. The second kappa shape index (κ2) is 15.9. The van der Waals surface area contributed by atoms with Gasteiger partial charge in [-0.3, -0.25) is 9.59 Å². The van der Waals surface area contributed by atoms with Crippen LogP contribution in [-0.4, -0.2) is 80.6 Å². The molecule has 0 spiro atoms. The molecule has 6 N–H and O–H groups in total. The summed E-state index contributed by atoms with van der Waals surface area (Å²) in [7, 11) is 0. The third kappa shape index (κ3) is 9.85. The first-order valence-corrected chi connectivity index (χ1v) is 12.2. The lowest BCUT2D eigenvalue weighted by atomic mass is 10.1. The molecule has 2 aromatic heterocycles. The number of anilines is 4. The van der Waals surface area contributed by atoms with Crippen molar-refractivity contribution in [2.75, 3.05) is 68.9 Å². The zero-order valence-corrected chi connectivity index (χ0v) is 21.2. The molecular formula is C24H31FN8O6. The van der Waals surface area contributed by atoms with Crippen LogP contribution >= 0.6 is 0 Å². The van der Waals surface area contributed by atoms with E-state index in [0.717, 1.165) is 12.8 Å². The second-order valence-electron chi connectivity index (χ2n) is 8.19. The molecule has 0 atom stereocenters. The van der Waals surface area contributed by atoms with Gasteiger partial charge in [0.1, 0.15) is 37.3 Å². The maximum absolute atomic E-state index is 13.7. The molecule has 0 aliphatic carbocycles. The summed E-state index contributed by atoms with van der Waals surface area (Å²) in [6.45, 7) is 1.11. The number of halogens is 1. The zero-order chi connectivity index (χ0) is 27.9. The molecular weight excluding hydrogens is 515 g/mol. The van der Waals surface area contributed by atoms with Crippen molar-refractivity contribution in [1.29, 1.82) is 5.26 Å². The molecule has 15 heteroatoms. The van der Waals surface area contributed by atoms with Gasteiger partial charge >= 0.3 is 5.97 Å². The number of nitrogens with one attached hydrogen (secondary N) is 4. The number of nitrogens with zero attached hydrogens (tertiary/aromatic N) is 3. The van der Waals surface area contributed by atoms with Gasteiger partial charge in [-0.25, -0.2) is 15.5 Å². The average Bonchev–Trinajstić information content (AvgIpc) is 2.97. The Kier molecular flexibility index (Phi) is 11.9. The molecule has 3 rings (SSSR count). The Balaban J connectivity index is 1.57. The Labute approximate surface area is 224 Å². The summed E-state index contributed by atoms with van der Waals surface area (Å²) in [5, 5.41) is 17.6. The maximum Gasteiger partial charge on any atom is 0.325 e. The molecule has 14 nitrogen and oxygen atoms in total. The van der Waals surface area contributed by atoms with Crippen molar-refractivity contribution >= 4 is 35.0 Å². The molecule has 1 amide bonds. The van der Waals surface area contributed by atoms with E-state index in [0.29, 0.717) is 36.2 Å². The van der Waals surface area contributed by atoms with Crippen molar-refractivity contribution in [3.05, 3.63) is 30.0 Å². The molecule has 210 valence electrons. The number of esters is 1. The number of nitrogens with two attached hydrogens (primary N) is 1. The van der Waals surface area contributed by atoms with E-state index >= 15 is 0 Å². The topological polar surface area (TPSA) is 195 Å². The lowest BCUT2D eigenvalue weighted by Crippen LogP contribution is -2.35. The average molecular weight is 547 g/mol. The first-order valence-electron chi connectivity index (χ1n) is 12.2. The van der Waals surface area contributed by atoms with Gasteiger partial charge in [0.25, 0.3) is 0 Å². The van der Waals surface area contributed by atoms with E-state index in [1.165, 1.54) is 12.3 Å². The summed E-state index contributed by atoms with van der Waals surface area (Å²) >= 11 is 0. The summed E-state index contributed by atoms with van der Waals surface area (Å²) in [5.41, 5.74) is 7.16. The van der Waals surface area contributed by atoms with E-state index in [9.17, 15) is 14.1 Å². The van der Waals surface area contributed by atoms with Crippen LogP contribution in [0.3, 0.4) is 0 Å². The number of hydrogen-bond acceptors (Lipinski definition) is 13. The molecule has 1 fully saturated rings. The number of hydrogen-bond donors (Lipinski definition) is 5. The van der Waals surface area contributed by atoms with Crippen LogP contribution in [0.25, 0.3) is 0 Å². The van der Waals surface area contributed by atoms with Crippen LogP contribution in [0.5, 0.6) is 5.75 Å². The van der Waals surface area contributed by atoms with Crippen LogP contribution in [-0.2, 0) is 23.8 Å². The Morgan fingerprint density at radius 1 is 1.18 bits per heavy atom. The fourth-order valence-electron chi connectivity index (χ4n) is 3.39. The molecule has 0 saturated carbocycles. The predicted octanol–water partition coefficient (Wildman–Crippen LogP) is 0.993. The largest absolute Gasteiger partial charge is 0.487 e. The molecule has 0 unspecified atom stereocenters. The minimum Gasteiger partial charge on any atom is -0.487 e. The summed E-state index contributed by atoms with van der Waals surface area (Å²) in [6.07, 6.45) is 2.92. The first-order chi connectivity index (χ1) is 19.0. The highest BCUT2D eigenvalue weighted by molar-refractivity contribution is 5.83. The number of nitriles is 1. The van der Waals surface area contributed by atoms with Crippen molar-refractivity contribution in [3.8, 4) is 11.8 Å². The predicted molar refractivity (Wildman–Crippen MR) is 138 cm³/mol. The molecule has 39 heavy (non-hydrogen) atoms. The molecule has 1 aliphatic rings. The minimum absolute atomic E-state index is 0.00485. The number of pyridine rings is 2. The SMILES string of the molecule is N#Cc1ccc(Nc2nc(NC3CCOCC3)c(OCCOCCOC(=O)CNC(=O)CN)cc2NF)nc1. The third-order valence-corrected chi connectivity index (χ3v) is 5.38. The van der Waals surface area contributed by atoms with Gasteiger partial charge in [-0.1, -0.05) is 0 Å². The van der Waals surface area contributed by atoms with Crippen LogP contribution in [0, 0.1) is 11.3 Å². The van der Waals surface area contributed by atoms with E-state index in [4.69, 9.17) is 29.9 Å². The molecule has 1 saturated heterocycles. The smallest absolute Gasteiger partial charge is 0.325 e. The molecule has 2 aromatic rings. The molecule has 1 aliphatic heterocycles. The first kappa shape index (κ1) is 29.3. The van der Waals surface area contributed by atoms with E-state index in [2.05, 4.69) is 25.9 Å². The lowest BCUT2D eigenvalue weighted by molar-refractivity contribution is -0.145. The van der Waals surface area contributed by atoms with Gasteiger partial charge < -0.3 is 40.6 Å². The van der Waals surface area contributed by atoms with Crippen LogP contribution in [0.2, 0.25) is 0 Å². The highest BCUT2D eigenvalue weighted by Crippen LogP contribution is 2.34. The van der Waals surface area contributed by atoms with E-state index in [-0.39, 0.29) is 57.1 Å². The van der Waals surface area contributed by atoms with Crippen LogP contribution in [0.15, 0.2) is 24.4 Å². The van der Waals surface area contributed by atoms with Gasteiger partial charge in [0.15, 0.2) is 17.4 Å². The van der Waals surface area contributed by atoms with Crippen molar-refractivity contribution < 1.29 is 33.0 Å². The monoisotopic (exact) mass is 546 g/mol. The number of carbonyl (C=O) groups excluding carboxylic acids is 2. The number of aromatic nitrogens is 2. The van der Waals surface area contributed by atoms with Gasteiger partial charge in [-0.05, 0) is 25.0 Å². The number of rotatable bonds is 15. The van der Waals surface area contributed by atoms with Crippen LogP contribution < -0.4 is 32.0 Å². The van der Waals surface area contributed by atoms with Crippen molar-refractivity contribution in [3.63, 3.8) is 0 Å². The third-order valence-electron chi connectivity index (χ3n) is 5.38. The van der Waals surface area contributed by atoms with Gasteiger partial charge in [0, 0.05) is 31.5 Å². The Morgan fingerprint density at radius 3 is 2.67 bits per heavy atom. The fourth-order valence-corrected chi connectivity index (χ4v) is 3.39. The van der Waals surface area contributed by atoms with Crippen LogP contribution in [0.4, 0.5) is 27.6 Å². The van der Waals surface area contributed by atoms with Gasteiger partial charge in [-0.15, -0.1) is 4.48 Å². The van der Waals surface area contributed by atoms with Crippen LogP contribution in [0.1, 0.15) is 18.4 Å². The Hall–Kier alpha value is -4.26. The summed E-state index contributed by atoms with van der Waals surface area (Å²) in [5.74, 6) is 0.164. The number of ether oxygens (including phenoxy) is 4. The normalized spacial score (nSPS) is 13.2. The lowest BCUT2D eigenvalue weighted by Gasteiger charge is -2.25. The zero-order valence-electron chi connectivity index (χ0n) is 21.2. The summed E-state index contributed by atoms with van der Waals surface area (Å²) in [6, 6.07) is 6.70. The van der Waals surface area contributed by atoms with Gasteiger partial charge in [-0.2, -0.15) is 5.26 Å². The van der Waals surface area contributed by atoms with Crippen molar-refractivity contribution in [2.45, 2.75) is 18.9 Å². The van der Waals surface area contributed by atoms with E-state index in [1.54, 1.807) is 17.7 Å². The molecule has 0 aromatic carbocycles.